The monoisotopic (exact) mass is 358 g/mol. The summed E-state index contributed by atoms with van der Waals surface area (Å²) in [6.07, 6.45) is 1.87. The number of nitrogens with one attached hydrogen (secondary N) is 1. The maximum Gasteiger partial charge on any atom is 0.322 e. The number of fused-ring (bicyclic) bond motifs is 1. The summed E-state index contributed by atoms with van der Waals surface area (Å²) >= 11 is 5.90. The molecule has 2 aromatic rings. The number of anilines is 1. The molecule has 1 N–H and O–H groups in total. The van der Waals surface area contributed by atoms with Gasteiger partial charge in [-0.3, -0.25) is 0 Å². The summed E-state index contributed by atoms with van der Waals surface area (Å²) in [4.78, 5) is 14.6. The fraction of sp³-hybridized carbons (Fsp3) is 0.316. The molecule has 2 amide bonds. The average Bonchev–Trinajstić information content (AvgIpc) is 3.13. The highest BCUT2D eigenvalue weighted by Crippen LogP contribution is 2.42. The molecule has 130 valence electrons. The van der Waals surface area contributed by atoms with Crippen molar-refractivity contribution in [1.82, 2.24) is 4.90 Å². The third kappa shape index (κ3) is 3.24. The molecule has 2 aromatic carbocycles. The van der Waals surface area contributed by atoms with Crippen molar-refractivity contribution >= 4 is 23.3 Å². The van der Waals surface area contributed by atoms with E-state index in [1.54, 1.807) is 24.3 Å². The SMILES string of the molecule is O=C(Nc1ccc(Cl)cc1)N1CCCC1c1cccc2c1OCCO2. The standard InChI is InChI=1S/C19H19ClN2O3/c20-13-6-8-14(9-7-13)21-19(23)22-10-2-4-16(22)15-3-1-5-17-18(15)25-12-11-24-17/h1,3,5-9,16H,2,4,10-12H2,(H,21,23). The van der Waals surface area contributed by atoms with E-state index in [1.807, 2.05) is 23.1 Å². The maximum atomic E-state index is 12.8. The molecule has 0 aliphatic carbocycles. The molecular formula is C19H19ClN2O3. The molecule has 1 saturated heterocycles. The summed E-state index contributed by atoms with van der Waals surface area (Å²) in [5, 5.41) is 3.59. The Balaban J connectivity index is 1.56. The Morgan fingerprint density at radius 3 is 2.76 bits per heavy atom. The van der Waals surface area contributed by atoms with E-state index >= 15 is 0 Å². The molecule has 25 heavy (non-hydrogen) atoms. The van der Waals surface area contributed by atoms with Gasteiger partial charge in [0.15, 0.2) is 11.5 Å². The molecule has 0 radical (unpaired) electrons. The van der Waals surface area contributed by atoms with Gasteiger partial charge in [0, 0.05) is 22.8 Å². The van der Waals surface area contributed by atoms with Crippen LogP contribution in [-0.4, -0.2) is 30.7 Å². The first-order valence-electron chi connectivity index (χ1n) is 8.44. The lowest BCUT2D eigenvalue weighted by Crippen LogP contribution is -2.34. The van der Waals surface area contributed by atoms with Crippen molar-refractivity contribution in [3.63, 3.8) is 0 Å². The van der Waals surface area contributed by atoms with Crippen molar-refractivity contribution in [2.45, 2.75) is 18.9 Å². The van der Waals surface area contributed by atoms with Crippen LogP contribution in [0.3, 0.4) is 0 Å². The average molecular weight is 359 g/mol. The first kappa shape index (κ1) is 16.1. The molecule has 1 unspecified atom stereocenters. The Morgan fingerprint density at radius 1 is 1.12 bits per heavy atom. The Labute approximate surface area is 151 Å². The molecule has 0 spiro atoms. The number of likely N-dealkylation sites (tertiary alicyclic amines) is 1. The van der Waals surface area contributed by atoms with Gasteiger partial charge in [0.25, 0.3) is 0 Å². The zero-order chi connectivity index (χ0) is 17.2. The van der Waals surface area contributed by atoms with Crippen molar-refractivity contribution in [2.24, 2.45) is 0 Å². The molecule has 5 nitrogen and oxygen atoms in total. The number of benzene rings is 2. The number of urea groups is 1. The Kier molecular flexibility index (Phi) is 4.40. The zero-order valence-electron chi connectivity index (χ0n) is 13.7. The number of hydrogen-bond donors (Lipinski definition) is 1. The topological polar surface area (TPSA) is 50.8 Å². The second-order valence-electron chi connectivity index (χ2n) is 6.16. The van der Waals surface area contributed by atoms with Crippen LogP contribution in [0.15, 0.2) is 42.5 Å². The number of carbonyl (C=O) groups is 1. The summed E-state index contributed by atoms with van der Waals surface area (Å²) in [6.45, 7) is 1.81. The van der Waals surface area contributed by atoms with Crippen molar-refractivity contribution in [2.75, 3.05) is 25.1 Å². The molecule has 1 atom stereocenters. The van der Waals surface area contributed by atoms with Crippen LogP contribution >= 0.6 is 11.6 Å². The second-order valence-corrected chi connectivity index (χ2v) is 6.60. The van der Waals surface area contributed by atoms with Gasteiger partial charge in [0.05, 0.1) is 6.04 Å². The van der Waals surface area contributed by atoms with Crippen LogP contribution in [0.4, 0.5) is 10.5 Å². The fourth-order valence-electron chi connectivity index (χ4n) is 3.42. The number of nitrogens with zero attached hydrogens (tertiary/aromatic N) is 1. The van der Waals surface area contributed by atoms with Gasteiger partial charge >= 0.3 is 6.03 Å². The van der Waals surface area contributed by atoms with Crippen LogP contribution in [-0.2, 0) is 0 Å². The summed E-state index contributed by atoms with van der Waals surface area (Å²) < 4.78 is 11.5. The summed E-state index contributed by atoms with van der Waals surface area (Å²) in [7, 11) is 0. The van der Waals surface area contributed by atoms with Gasteiger partial charge in [-0.1, -0.05) is 23.7 Å². The molecule has 4 rings (SSSR count). The summed E-state index contributed by atoms with van der Waals surface area (Å²) in [6, 6.07) is 12.9. The van der Waals surface area contributed by atoms with Gasteiger partial charge in [0.2, 0.25) is 0 Å². The third-order valence-corrected chi connectivity index (χ3v) is 4.82. The Bertz CT molecular complexity index is 779. The minimum Gasteiger partial charge on any atom is -0.486 e. The van der Waals surface area contributed by atoms with Gasteiger partial charge in [-0.2, -0.15) is 0 Å². The highest BCUT2D eigenvalue weighted by molar-refractivity contribution is 6.30. The van der Waals surface area contributed by atoms with Crippen LogP contribution in [0, 0.1) is 0 Å². The Hall–Kier alpha value is -2.40. The molecule has 1 fully saturated rings. The maximum absolute atomic E-state index is 12.8. The van der Waals surface area contributed by atoms with Crippen LogP contribution in [0.1, 0.15) is 24.4 Å². The largest absolute Gasteiger partial charge is 0.486 e. The van der Waals surface area contributed by atoms with Crippen LogP contribution in [0.5, 0.6) is 11.5 Å². The first-order valence-corrected chi connectivity index (χ1v) is 8.82. The first-order chi connectivity index (χ1) is 12.2. The third-order valence-electron chi connectivity index (χ3n) is 4.56. The molecule has 0 aromatic heterocycles. The molecule has 0 saturated carbocycles. The lowest BCUT2D eigenvalue weighted by Gasteiger charge is -2.29. The van der Waals surface area contributed by atoms with Crippen molar-refractivity contribution in [1.29, 1.82) is 0 Å². The highest BCUT2D eigenvalue weighted by Gasteiger charge is 2.33. The number of rotatable bonds is 2. The minimum absolute atomic E-state index is 0.0102. The summed E-state index contributed by atoms with van der Waals surface area (Å²) in [5.41, 5.74) is 1.75. The number of ether oxygens (including phenoxy) is 2. The van der Waals surface area contributed by atoms with E-state index in [-0.39, 0.29) is 12.1 Å². The zero-order valence-corrected chi connectivity index (χ0v) is 14.5. The second kappa shape index (κ2) is 6.84. The van der Waals surface area contributed by atoms with E-state index in [4.69, 9.17) is 21.1 Å². The quantitative estimate of drug-likeness (QED) is 0.861. The van der Waals surface area contributed by atoms with E-state index < -0.39 is 0 Å². The molecule has 0 bridgehead atoms. The van der Waals surface area contributed by atoms with E-state index in [1.165, 1.54) is 0 Å². The minimum atomic E-state index is -0.112. The molecular weight excluding hydrogens is 340 g/mol. The van der Waals surface area contributed by atoms with Gasteiger partial charge in [-0.15, -0.1) is 0 Å². The van der Waals surface area contributed by atoms with E-state index in [0.717, 1.165) is 35.6 Å². The molecule has 2 aliphatic rings. The Morgan fingerprint density at radius 2 is 1.92 bits per heavy atom. The lowest BCUT2D eigenvalue weighted by atomic mass is 10.0. The molecule has 2 heterocycles. The predicted molar refractivity (Wildman–Crippen MR) is 96.6 cm³/mol. The highest BCUT2D eigenvalue weighted by atomic mass is 35.5. The number of halogens is 1. The van der Waals surface area contributed by atoms with Crippen LogP contribution in [0.25, 0.3) is 0 Å². The predicted octanol–water partition coefficient (Wildman–Crippen LogP) is 4.48. The van der Waals surface area contributed by atoms with Crippen molar-refractivity contribution < 1.29 is 14.3 Å². The number of hydrogen-bond acceptors (Lipinski definition) is 3. The van der Waals surface area contributed by atoms with Gasteiger partial charge in [0.1, 0.15) is 13.2 Å². The number of amides is 2. The van der Waals surface area contributed by atoms with Crippen molar-refractivity contribution in [3.05, 3.63) is 53.1 Å². The number of para-hydroxylation sites is 1. The smallest absolute Gasteiger partial charge is 0.322 e. The van der Waals surface area contributed by atoms with Gasteiger partial charge in [-0.25, -0.2) is 4.79 Å². The van der Waals surface area contributed by atoms with Crippen LogP contribution in [0.2, 0.25) is 5.02 Å². The van der Waals surface area contributed by atoms with Gasteiger partial charge in [-0.05, 0) is 43.2 Å². The van der Waals surface area contributed by atoms with E-state index in [0.29, 0.717) is 24.8 Å². The van der Waals surface area contributed by atoms with Crippen molar-refractivity contribution in [3.8, 4) is 11.5 Å². The molecule has 2 aliphatic heterocycles. The van der Waals surface area contributed by atoms with E-state index in [9.17, 15) is 4.79 Å². The normalized spacial score (nSPS) is 18.9. The summed E-state index contributed by atoms with van der Waals surface area (Å²) in [5.74, 6) is 1.53. The van der Waals surface area contributed by atoms with E-state index in [2.05, 4.69) is 5.32 Å². The fourth-order valence-corrected chi connectivity index (χ4v) is 3.55. The van der Waals surface area contributed by atoms with Gasteiger partial charge < -0.3 is 19.7 Å². The molecule has 6 heteroatoms. The lowest BCUT2D eigenvalue weighted by molar-refractivity contribution is 0.165. The number of carbonyl (C=O) groups excluding carboxylic acids is 1. The van der Waals surface area contributed by atoms with Crippen LogP contribution < -0.4 is 14.8 Å².